The smallest absolute Gasteiger partial charge is 0.321 e. The van der Waals surface area contributed by atoms with Gasteiger partial charge in [0.15, 0.2) is 0 Å². The number of anilines is 2. The number of pyridine rings is 1. The van der Waals surface area contributed by atoms with E-state index in [2.05, 4.69) is 67.9 Å². The van der Waals surface area contributed by atoms with E-state index in [-0.39, 0.29) is 23.8 Å². The van der Waals surface area contributed by atoms with Crippen molar-refractivity contribution < 1.29 is 9.59 Å². The zero-order valence-corrected chi connectivity index (χ0v) is 25.2. The zero-order chi connectivity index (χ0) is 30.6. The number of aromatic nitrogens is 3. The molecule has 3 amide bonds. The average Bonchev–Trinajstić information content (AvgIpc) is 3.68. The lowest BCUT2D eigenvalue weighted by atomic mass is 10.0. The molecule has 2 aromatic heterocycles. The average molecular weight is 594 g/mol. The second kappa shape index (κ2) is 12.9. The Kier molecular flexibility index (Phi) is 8.58. The molecule has 0 spiro atoms. The fourth-order valence-corrected chi connectivity index (χ4v) is 5.76. The Bertz CT molecular complexity index is 1630. The van der Waals surface area contributed by atoms with E-state index in [1.807, 2.05) is 31.4 Å². The van der Waals surface area contributed by atoms with E-state index in [4.69, 9.17) is 5.73 Å². The van der Waals surface area contributed by atoms with Gasteiger partial charge in [0.2, 0.25) is 0 Å². The van der Waals surface area contributed by atoms with Gasteiger partial charge in [-0.15, -0.1) is 0 Å². The van der Waals surface area contributed by atoms with Crippen LogP contribution >= 0.6 is 0 Å². The third-order valence-electron chi connectivity index (χ3n) is 8.42. The fraction of sp³-hybridized carbons (Fsp3) is 0.333. The normalized spacial score (nSPS) is 17.5. The molecule has 228 valence electrons. The molecule has 1 atom stereocenters. The van der Waals surface area contributed by atoms with Crippen molar-refractivity contribution in [2.75, 3.05) is 57.4 Å². The van der Waals surface area contributed by atoms with Gasteiger partial charge in [0.05, 0.1) is 11.8 Å². The summed E-state index contributed by atoms with van der Waals surface area (Å²) in [6.45, 7) is 6.31. The maximum Gasteiger partial charge on any atom is 0.321 e. The summed E-state index contributed by atoms with van der Waals surface area (Å²) in [5, 5.41) is 10.2. The molecule has 2 fully saturated rings. The van der Waals surface area contributed by atoms with E-state index < -0.39 is 0 Å². The second-order valence-corrected chi connectivity index (χ2v) is 11.8. The van der Waals surface area contributed by atoms with Crippen LogP contribution < -0.4 is 16.4 Å². The van der Waals surface area contributed by atoms with Crippen molar-refractivity contribution in [3.63, 3.8) is 0 Å². The van der Waals surface area contributed by atoms with Gasteiger partial charge < -0.3 is 26.2 Å². The lowest BCUT2D eigenvalue weighted by Gasteiger charge is -2.32. The minimum atomic E-state index is -0.310. The first-order chi connectivity index (χ1) is 21.3. The maximum absolute atomic E-state index is 13.1. The van der Waals surface area contributed by atoms with Crippen LogP contribution in [0.1, 0.15) is 22.3 Å². The van der Waals surface area contributed by atoms with Gasteiger partial charge in [-0.3, -0.25) is 14.4 Å². The van der Waals surface area contributed by atoms with Gasteiger partial charge in [0.1, 0.15) is 5.82 Å². The highest BCUT2D eigenvalue weighted by Gasteiger charge is 2.28. The van der Waals surface area contributed by atoms with E-state index in [0.29, 0.717) is 25.1 Å². The molecule has 11 heteroatoms. The molecule has 6 rings (SSSR count). The van der Waals surface area contributed by atoms with Crippen molar-refractivity contribution in [3.05, 3.63) is 84.3 Å². The van der Waals surface area contributed by atoms with Crippen LogP contribution in [0, 0.1) is 0 Å². The standard InChI is InChI=1S/C33H39N9O2/c1-39-12-14-41(15-13-39)20-23-6-8-24(9-7-23)25-4-3-5-28(16-25)38-33(44)42-11-10-29(22-42)37-32(43)30-17-26(18-35-31(30)34)27-19-36-40(2)21-27/h3-9,16-19,21,29H,10-15,20,22H2,1-2H3,(H2,34,35)(H,37,43)(H,38,44)/t29-/m1/s1. The topological polar surface area (TPSA) is 125 Å². The van der Waals surface area contributed by atoms with Gasteiger partial charge in [-0.25, -0.2) is 9.78 Å². The summed E-state index contributed by atoms with van der Waals surface area (Å²) in [5.74, 6) is -0.150. The molecule has 44 heavy (non-hydrogen) atoms. The SMILES string of the molecule is CN1CCN(Cc2ccc(-c3cccc(NC(=O)N4CC[C@@H](NC(=O)c5cc(-c6cnn(C)c6)cnc5N)C4)c3)cc2)CC1. The Labute approximate surface area is 257 Å². The van der Waals surface area contributed by atoms with Crippen molar-refractivity contribution in [3.8, 4) is 22.3 Å². The maximum atomic E-state index is 13.1. The Hall–Kier alpha value is -4.74. The van der Waals surface area contributed by atoms with Crippen LogP contribution in [0.5, 0.6) is 0 Å². The number of nitrogens with zero attached hydrogens (tertiary/aromatic N) is 6. The molecular weight excluding hydrogens is 554 g/mol. The van der Waals surface area contributed by atoms with Crippen molar-refractivity contribution in [2.45, 2.75) is 19.0 Å². The highest BCUT2D eigenvalue weighted by atomic mass is 16.2. The number of hydrogen-bond acceptors (Lipinski definition) is 7. The first-order valence-corrected chi connectivity index (χ1v) is 15.0. The molecule has 2 saturated heterocycles. The van der Waals surface area contributed by atoms with Gasteiger partial charge in [-0.2, -0.15) is 5.10 Å². The Balaban J connectivity index is 1.03. The van der Waals surface area contributed by atoms with Gasteiger partial charge in [-0.05, 0) is 48.4 Å². The molecule has 11 nitrogen and oxygen atoms in total. The number of aryl methyl sites for hydroxylation is 1. The molecule has 0 aliphatic carbocycles. The van der Waals surface area contributed by atoms with Crippen LogP contribution in [0.4, 0.5) is 16.3 Å². The van der Waals surface area contributed by atoms with E-state index in [1.54, 1.807) is 28.0 Å². The molecule has 4 N–H and O–H groups in total. The predicted octanol–water partition coefficient (Wildman–Crippen LogP) is 3.51. The van der Waals surface area contributed by atoms with Crippen LogP contribution in [-0.4, -0.2) is 93.8 Å². The monoisotopic (exact) mass is 593 g/mol. The first-order valence-electron chi connectivity index (χ1n) is 15.0. The van der Waals surface area contributed by atoms with Gasteiger partial charge in [0.25, 0.3) is 5.91 Å². The molecule has 0 unspecified atom stereocenters. The van der Waals surface area contributed by atoms with E-state index >= 15 is 0 Å². The molecule has 2 aliphatic rings. The number of likely N-dealkylation sites (N-methyl/N-ethyl adjacent to an activating group) is 1. The summed E-state index contributed by atoms with van der Waals surface area (Å²) in [6.07, 6.45) is 5.84. The number of hydrogen-bond donors (Lipinski definition) is 3. The molecule has 0 radical (unpaired) electrons. The number of piperazine rings is 1. The van der Waals surface area contributed by atoms with E-state index in [1.165, 1.54) is 5.56 Å². The number of urea groups is 1. The van der Waals surface area contributed by atoms with E-state index in [0.717, 1.165) is 60.7 Å². The largest absolute Gasteiger partial charge is 0.383 e. The third kappa shape index (κ3) is 6.90. The number of likely N-dealkylation sites (tertiary alicyclic amines) is 1. The number of benzene rings is 2. The van der Waals surface area contributed by atoms with Crippen LogP contribution in [0.2, 0.25) is 0 Å². The molecule has 4 aromatic rings. The van der Waals surface area contributed by atoms with Gasteiger partial charge in [0, 0.05) is 88.1 Å². The fourth-order valence-electron chi connectivity index (χ4n) is 5.76. The van der Waals surface area contributed by atoms with Crippen LogP contribution in [0.25, 0.3) is 22.3 Å². The zero-order valence-electron chi connectivity index (χ0n) is 25.2. The molecule has 4 heterocycles. The number of nitrogen functional groups attached to an aromatic ring is 1. The highest BCUT2D eigenvalue weighted by molar-refractivity contribution is 5.99. The van der Waals surface area contributed by atoms with Crippen molar-refractivity contribution in [1.29, 1.82) is 0 Å². The number of nitrogens with one attached hydrogen (secondary N) is 2. The number of carbonyl (C=O) groups is 2. The van der Waals surface area contributed by atoms with Crippen molar-refractivity contribution in [2.24, 2.45) is 7.05 Å². The molecular formula is C33H39N9O2. The minimum absolute atomic E-state index is 0.160. The predicted molar refractivity (Wildman–Crippen MR) is 172 cm³/mol. The summed E-state index contributed by atoms with van der Waals surface area (Å²) >= 11 is 0. The quantitative estimate of drug-likeness (QED) is 0.300. The minimum Gasteiger partial charge on any atom is -0.383 e. The summed E-state index contributed by atoms with van der Waals surface area (Å²) in [7, 11) is 4.00. The molecule has 2 aliphatic heterocycles. The van der Waals surface area contributed by atoms with Gasteiger partial charge >= 0.3 is 6.03 Å². The van der Waals surface area contributed by atoms with Crippen molar-refractivity contribution >= 4 is 23.4 Å². The number of amides is 3. The second-order valence-electron chi connectivity index (χ2n) is 11.8. The third-order valence-corrected chi connectivity index (χ3v) is 8.42. The highest BCUT2D eigenvalue weighted by Crippen LogP contribution is 2.25. The van der Waals surface area contributed by atoms with Crippen LogP contribution in [-0.2, 0) is 13.6 Å². The van der Waals surface area contributed by atoms with Crippen LogP contribution in [0.15, 0.2) is 73.2 Å². The summed E-state index contributed by atoms with van der Waals surface area (Å²) in [5.41, 5.74) is 12.1. The number of nitrogens with two attached hydrogens (primary N) is 1. The lowest BCUT2D eigenvalue weighted by molar-refractivity contribution is 0.0938. The molecule has 2 aromatic carbocycles. The van der Waals surface area contributed by atoms with Crippen LogP contribution in [0.3, 0.4) is 0 Å². The van der Waals surface area contributed by atoms with Gasteiger partial charge in [-0.1, -0.05) is 36.4 Å². The lowest BCUT2D eigenvalue weighted by Crippen LogP contribution is -2.43. The summed E-state index contributed by atoms with van der Waals surface area (Å²) in [6, 6.07) is 17.9. The summed E-state index contributed by atoms with van der Waals surface area (Å²) < 4.78 is 1.69. The Morgan fingerprint density at radius 2 is 1.70 bits per heavy atom. The summed E-state index contributed by atoms with van der Waals surface area (Å²) in [4.78, 5) is 37.0. The molecule has 0 bridgehead atoms. The van der Waals surface area contributed by atoms with Crippen molar-refractivity contribution in [1.82, 2.24) is 34.8 Å². The Morgan fingerprint density at radius 3 is 2.45 bits per heavy atom. The first kappa shape index (κ1) is 29.3. The number of carbonyl (C=O) groups excluding carboxylic acids is 2. The number of rotatable bonds is 7. The van der Waals surface area contributed by atoms with E-state index in [9.17, 15) is 9.59 Å². The molecule has 0 saturated carbocycles. The Morgan fingerprint density at radius 1 is 0.909 bits per heavy atom.